The average Bonchev–Trinajstić information content (AvgIpc) is 2.99. The fourth-order valence-electron chi connectivity index (χ4n) is 2.22. The molecule has 0 fully saturated rings. The summed E-state index contributed by atoms with van der Waals surface area (Å²) >= 11 is 5.37. The van der Waals surface area contributed by atoms with Crippen LogP contribution in [0.2, 0.25) is 0 Å². The minimum Gasteiger partial charge on any atom is -0.492 e. The van der Waals surface area contributed by atoms with Gasteiger partial charge in [-0.3, -0.25) is 4.68 Å². The molecule has 26 heavy (non-hydrogen) atoms. The number of thiocarbonyl (C=S) groups is 1. The van der Waals surface area contributed by atoms with Crippen molar-refractivity contribution >= 4 is 34.7 Å². The van der Waals surface area contributed by atoms with Gasteiger partial charge in [0.2, 0.25) is 0 Å². The summed E-state index contributed by atoms with van der Waals surface area (Å²) in [7, 11) is 0. The van der Waals surface area contributed by atoms with Crippen molar-refractivity contribution in [2.75, 3.05) is 17.2 Å². The summed E-state index contributed by atoms with van der Waals surface area (Å²) in [6.45, 7) is 8.60. The first-order valence-electron chi connectivity index (χ1n) is 8.52. The second-order valence-electron chi connectivity index (χ2n) is 5.71. The van der Waals surface area contributed by atoms with Crippen LogP contribution in [-0.4, -0.2) is 33.6 Å². The first kappa shape index (κ1) is 19.7. The summed E-state index contributed by atoms with van der Waals surface area (Å²) in [5.41, 5.74) is 1.42. The fraction of sp³-hybridized carbons (Fsp3) is 0.389. The molecule has 0 aliphatic rings. The molecule has 140 valence electrons. The molecule has 7 nitrogen and oxygen atoms in total. The Kier molecular flexibility index (Phi) is 6.97. The molecule has 2 aromatic rings. The minimum atomic E-state index is -0.493. The third kappa shape index (κ3) is 5.19. The number of aryl methyl sites for hydroxylation is 1. The zero-order valence-electron chi connectivity index (χ0n) is 15.4. The van der Waals surface area contributed by atoms with Crippen LogP contribution in [-0.2, 0) is 11.3 Å². The molecule has 0 spiro atoms. The monoisotopic (exact) mass is 376 g/mol. The van der Waals surface area contributed by atoms with E-state index in [4.69, 9.17) is 21.7 Å². The smallest absolute Gasteiger partial charge is 0.361 e. The second kappa shape index (κ2) is 9.19. The summed E-state index contributed by atoms with van der Waals surface area (Å²) in [6, 6.07) is 7.49. The molecule has 0 saturated heterocycles. The fourth-order valence-corrected chi connectivity index (χ4v) is 2.44. The Morgan fingerprint density at radius 2 is 1.92 bits per heavy atom. The summed E-state index contributed by atoms with van der Waals surface area (Å²) < 4.78 is 12.5. The third-order valence-corrected chi connectivity index (χ3v) is 3.51. The number of rotatable bonds is 7. The lowest BCUT2D eigenvalue weighted by molar-refractivity contribution is 0.0371. The van der Waals surface area contributed by atoms with E-state index in [0.29, 0.717) is 29.7 Å². The molecule has 0 radical (unpaired) electrons. The van der Waals surface area contributed by atoms with Crippen LogP contribution < -0.4 is 15.4 Å². The zero-order chi connectivity index (χ0) is 19.1. The van der Waals surface area contributed by atoms with Gasteiger partial charge in [-0.15, -0.1) is 0 Å². The Morgan fingerprint density at radius 3 is 2.58 bits per heavy atom. The number of esters is 1. The molecule has 0 bridgehead atoms. The van der Waals surface area contributed by atoms with Crippen LogP contribution in [0.25, 0.3) is 0 Å². The largest absolute Gasteiger partial charge is 0.492 e. The molecule has 0 atom stereocenters. The van der Waals surface area contributed by atoms with Crippen molar-refractivity contribution in [1.82, 2.24) is 9.78 Å². The molecular formula is C18H24N4O3S. The van der Waals surface area contributed by atoms with Gasteiger partial charge >= 0.3 is 5.97 Å². The Morgan fingerprint density at radius 1 is 1.23 bits per heavy atom. The normalized spacial score (nSPS) is 10.5. The van der Waals surface area contributed by atoms with E-state index in [9.17, 15) is 4.79 Å². The first-order chi connectivity index (χ1) is 12.4. The quantitative estimate of drug-likeness (QED) is 0.564. The standard InChI is InChI=1S/C18H24N4O3S/c1-5-22-11-14(16(21-22)17(23)25-12(3)4)20-18(26)19-13-9-7-8-10-15(13)24-6-2/h7-12H,5-6H2,1-4H3,(H2,19,20,26). The Balaban J connectivity index is 2.16. The highest BCUT2D eigenvalue weighted by Crippen LogP contribution is 2.24. The predicted octanol–water partition coefficient (Wildman–Crippen LogP) is 3.68. The van der Waals surface area contributed by atoms with Crippen molar-refractivity contribution in [2.24, 2.45) is 0 Å². The molecule has 2 rings (SSSR count). The van der Waals surface area contributed by atoms with Gasteiger partial charge in [0.15, 0.2) is 10.8 Å². The number of benzene rings is 1. The van der Waals surface area contributed by atoms with E-state index in [0.717, 1.165) is 5.69 Å². The number of hydrogen-bond acceptors (Lipinski definition) is 5. The van der Waals surface area contributed by atoms with Gasteiger partial charge in [0, 0.05) is 12.7 Å². The third-order valence-electron chi connectivity index (χ3n) is 3.31. The van der Waals surface area contributed by atoms with Crippen molar-refractivity contribution in [3.05, 3.63) is 36.2 Å². The number of anilines is 2. The number of nitrogens with zero attached hydrogens (tertiary/aromatic N) is 2. The maximum atomic E-state index is 12.3. The number of ether oxygens (including phenoxy) is 2. The topological polar surface area (TPSA) is 77.4 Å². The Hall–Kier alpha value is -2.61. The second-order valence-corrected chi connectivity index (χ2v) is 6.12. The van der Waals surface area contributed by atoms with E-state index in [-0.39, 0.29) is 11.8 Å². The number of aromatic nitrogens is 2. The van der Waals surface area contributed by atoms with E-state index in [2.05, 4.69) is 15.7 Å². The van der Waals surface area contributed by atoms with Crippen LogP contribution in [0.5, 0.6) is 5.75 Å². The van der Waals surface area contributed by atoms with Crippen molar-refractivity contribution in [3.8, 4) is 5.75 Å². The van der Waals surface area contributed by atoms with Crippen LogP contribution >= 0.6 is 12.2 Å². The molecular weight excluding hydrogens is 352 g/mol. The van der Waals surface area contributed by atoms with E-state index >= 15 is 0 Å². The highest BCUT2D eigenvalue weighted by atomic mass is 32.1. The molecule has 1 aromatic carbocycles. The van der Waals surface area contributed by atoms with Crippen LogP contribution in [0.4, 0.5) is 11.4 Å². The summed E-state index contributed by atoms with van der Waals surface area (Å²) in [5, 5.41) is 10.7. The lowest BCUT2D eigenvalue weighted by atomic mass is 10.3. The number of carbonyl (C=O) groups is 1. The van der Waals surface area contributed by atoms with Crippen molar-refractivity contribution in [1.29, 1.82) is 0 Å². The lowest BCUT2D eigenvalue weighted by Gasteiger charge is -2.14. The number of carbonyl (C=O) groups excluding carboxylic acids is 1. The van der Waals surface area contributed by atoms with E-state index in [1.165, 1.54) is 0 Å². The molecule has 8 heteroatoms. The van der Waals surface area contributed by atoms with E-state index < -0.39 is 5.97 Å². The van der Waals surface area contributed by atoms with Crippen LogP contribution in [0.3, 0.4) is 0 Å². The highest BCUT2D eigenvalue weighted by molar-refractivity contribution is 7.80. The molecule has 0 amide bonds. The van der Waals surface area contributed by atoms with Crippen molar-refractivity contribution < 1.29 is 14.3 Å². The van der Waals surface area contributed by atoms with Gasteiger partial charge in [0.1, 0.15) is 5.75 Å². The van der Waals surface area contributed by atoms with Crippen LogP contribution in [0.1, 0.15) is 38.2 Å². The van der Waals surface area contributed by atoms with Crippen LogP contribution in [0.15, 0.2) is 30.5 Å². The van der Waals surface area contributed by atoms with Gasteiger partial charge in [-0.1, -0.05) is 12.1 Å². The van der Waals surface area contributed by atoms with Gasteiger partial charge < -0.3 is 20.1 Å². The van der Waals surface area contributed by atoms with Gasteiger partial charge in [-0.2, -0.15) is 5.10 Å². The van der Waals surface area contributed by atoms with Crippen molar-refractivity contribution in [3.63, 3.8) is 0 Å². The molecule has 0 unspecified atom stereocenters. The van der Waals surface area contributed by atoms with E-state index in [1.54, 1.807) is 24.7 Å². The maximum Gasteiger partial charge on any atom is 0.361 e. The van der Waals surface area contributed by atoms with Gasteiger partial charge in [-0.25, -0.2) is 4.79 Å². The summed E-state index contributed by atoms with van der Waals surface area (Å²) in [6.07, 6.45) is 1.49. The predicted molar refractivity (Wildman–Crippen MR) is 106 cm³/mol. The summed E-state index contributed by atoms with van der Waals surface area (Å²) in [5.74, 6) is 0.204. The van der Waals surface area contributed by atoms with Crippen molar-refractivity contribution in [2.45, 2.75) is 40.3 Å². The highest BCUT2D eigenvalue weighted by Gasteiger charge is 2.20. The lowest BCUT2D eigenvalue weighted by Crippen LogP contribution is -2.21. The molecule has 0 aliphatic carbocycles. The first-order valence-corrected chi connectivity index (χ1v) is 8.93. The zero-order valence-corrected chi connectivity index (χ0v) is 16.2. The molecule has 1 heterocycles. The molecule has 1 aromatic heterocycles. The Bertz CT molecular complexity index is 774. The minimum absolute atomic E-state index is 0.197. The number of nitrogens with one attached hydrogen (secondary N) is 2. The number of para-hydroxylation sites is 2. The van der Waals surface area contributed by atoms with Crippen LogP contribution in [0, 0.1) is 0 Å². The van der Waals surface area contributed by atoms with Gasteiger partial charge in [0.05, 0.1) is 24.1 Å². The van der Waals surface area contributed by atoms with Gasteiger partial charge in [-0.05, 0) is 52.0 Å². The SMILES string of the molecule is CCOc1ccccc1NC(=S)Nc1cn(CC)nc1C(=O)OC(C)C. The Labute approximate surface area is 158 Å². The maximum absolute atomic E-state index is 12.3. The molecule has 0 saturated carbocycles. The molecule has 0 aliphatic heterocycles. The van der Waals surface area contributed by atoms with E-state index in [1.807, 2.05) is 38.1 Å². The summed E-state index contributed by atoms with van der Waals surface area (Å²) in [4.78, 5) is 12.3. The van der Waals surface area contributed by atoms with Gasteiger partial charge in [0.25, 0.3) is 0 Å². The number of hydrogen-bond donors (Lipinski definition) is 2. The molecule has 2 N–H and O–H groups in total. The average molecular weight is 376 g/mol.